The van der Waals surface area contributed by atoms with Crippen LogP contribution >= 0.6 is 22.7 Å². The molecular weight excluding hydrogens is 747 g/mol. The predicted octanol–water partition coefficient (Wildman–Crippen LogP) is 15.2. The van der Waals surface area contributed by atoms with Crippen molar-refractivity contribution in [2.24, 2.45) is 0 Å². The molecule has 0 aliphatic heterocycles. The van der Waals surface area contributed by atoms with Gasteiger partial charge in [-0.15, -0.1) is 22.7 Å². The largest absolute Gasteiger partial charge is 0.455 e. The SMILES string of the molecule is c1ccc(-n2c3ccccc3c3c4oc5c(-c6ccc7sc8c(-c9cccc(-c%10cccc%11c%10sc%10ccccc%10%11)c9)ncnc8c7c6)cccc5c4ccc32)cc1. The highest BCUT2D eigenvalue weighted by Gasteiger charge is 2.21. The van der Waals surface area contributed by atoms with Crippen LogP contribution in [-0.4, -0.2) is 14.5 Å². The summed E-state index contributed by atoms with van der Waals surface area (Å²) in [4.78, 5) is 9.80. The molecule has 0 radical (unpaired) electrons. The normalized spacial score (nSPS) is 12.1. The Hall–Kier alpha value is -7.12. The molecule has 5 heterocycles. The molecule has 0 fully saturated rings. The van der Waals surface area contributed by atoms with E-state index in [-0.39, 0.29) is 0 Å². The molecule has 0 amide bonds. The van der Waals surface area contributed by atoms with Gasteiger partial charge >= 0.3 is 0 Å². The fourth-order valence-corrected chi connectivity index (χ4v) is 11.5. The van der Waals surface area contributed by atoms with Gasteiger partial charge in [-0.05, 0) is 71.3 Å². The van der Waals surface area contributed by atoms with Crippen LogP contribution in [0.15, 0.2) is 181 Å². The first-order valence-corrected chi connectivity index (χ1v) is 21.0. The minimum atomic E-state index is 0.890. The summed E-state index contributed by atoms with van der Waals surface area (Å²) in [6.45, 7) is 0. The number of hydrogen-bond acceptors (Lipinski definition) is 5. The molecule has 0 spiro atoms. The van der Waals surface area contributed by atoms with Gasteiger partial charge < -0.3 is 8.98 Å². The molecule has 8 aromatic carbocycles. The van der Waals surface area contributed by atoms with Gasteiger partial charge in [0, 0.05) is 63.2 Å². The van der Waals surface area contributed by atoms with Crippen LogP contribution in [0.1, 0.15) is 0 Å². The van der Waals surface area contributed by atoms with Crippen molar-refractivity contribution in [3.8, 4) is 39.2 Å². The molecular formula is C52H29N3OS2. The Morgan fingerprint density at radius 2 is 1.14 bits per heavy atom. The Kier molecular flexibility index (Phi) is 6.73. The van der Waals surface area contributed by atoms with Gasteiger partial charge in [0.05, 0.1) is 32.3 Å². The lowest BCUT2D eigenvalue weighted by molar-refractivity contribution is 0.674. The number of fused-ring (bicyclic) bond motifs is 13. The Morgan fingerprint density at radius 3 is 2.07 bits per heavy atom. The first kappa shape index (κ1) is 32.0. The van der Waals surface area contributed by atoms with Crippen molar-refractivity contribution >= 4 is 107 Å². The molecule has 13 rings (SSSR count). The quantitative estimate of drug-likeness (QED) is 0.179. The van der Waals surface area contributed by atoms with Crippen molar-refractivity contribution in [1.29, 1.82) is 0 Å². The summed E-state index contributed by atoms with van der Waals surface area (Å²) in [5.74, 6) is 0. The molecule has 5 aromatic heterocycles. The minimum absolute atomic E-state index is 0.890. The number of rotatable bonds is 4. The molecule has 58 heavy (non-hydrogen) atoms. The number of aromatic nitrogens is 3. The number of furan rings is 1. The summed E-state index contributed by atoms with van der Waals surface area (Å²) in [6, 6.07) is 61.0. The van der Waals surface area contributed by atoms with Crippen molar-refractivity contribution < 1.29 is 4.42 Å². The van der Waals surface area contributed by atoms with Gasteiger partial charge in [0.1, 0.15) is 17.5 Å². The van der Waals surface area contributed by atoms with Crippen LogP contribution in [0.2, 0.25) is 0 Å². The first-order chi connectivity index (χ1) is 28.8. The minimum Gasteiger partial charge on any atom is -0.455 e. The Balaban J connectivity index is 0.956. The number of hydrogen-bond donors (Lipinski definition) is 0. The van der Waals surface area contributed by atoms with E-state index >= 15 is 0 Å². The van der Waals surface area contributed by atoms with E-state index in [9.17, 15) is 0 Å². The molecule has 0 aliphatic carbocycles. The van der Waals surface area contributed by atoms with E-state index in [2.05, 4.69) is 174 Å². The molecule has 4 nitrogen and oxygen atoms in total. The maximum atomic E-state index is 7.02. The summed E-state index contributed by atoms with van der Waals surface area (Å²) in [7, 11) is 0. The van der Waals surface area contributed by atoms with Gasteiger partial charge in [-0.3, -0.25) is 0 Å². The van der Waals surface area contributed by atoms with Crippen LogP contribution in [0, 0.1) is 0 Å². The molecule has 6 heteroatoms. The van der Waals surface area contributed by atoms with Gasteiger partial charge in [0.25, 0.3) is 0 Å². The second kappa shape index (κ2) is 12.2. The van der Waals surface area contributed by atoms with Gasteiger partial charge in [0.15, 0.2) is 0 Å². The first-order valence-electron chi connectivity index (χ1n) is 19.4. The topological polar surface area (TPSA) is 43.9 Å². The third kappa shape index (κ3) is 4.55. The molecule has 13 aromatic rings. The van der Waals surface area contributed by atoms with E-state index in [0.29, 0.717) is 0 Å². The van der Waals surface area contributed by atoms with E-state index in [4.69, 9.17) is 14.4 Å². The van der Waals surface area contributed by atoms with Crippen LogP contribution < -0.4 is 0 Å². The average molecular weight is 776 g/mol. The molecule has 0 saturated heterocycles. The highest BCUT2D eigenvalue weighted by atomic mass is 32.1. The molecule has 0 bridgehead atoms. The standard InChI is InChI=1S/C52H29N3OS2/c1-2-13-33(14-3-1)55-42-21-6-4-16-40(42)46-43(55)25-24-38-37-19-9-17-34(49(37)56-50(38)46)31-23-26-45-41(28-31)48-52(58-45)47(53-29-54-48)32-12-8-11-30(27-32)35-18-10-20-39-36-15-5-7-22-44(36)57-51(35)39/h1-29H. The summed E-state index contributed by atoms with van der Waals surface area (Å²) >= 11 is 3.62. The zero-order valence-corrected chi connectivity index (χ0v) is 32.4. The van der Waals surface area contributed by atoms with Gasteiger partial charge in [0.2, 0.25) is 0 Å². The van der Waals surface area contributed by atoms with E-state index < -0.39 is 0 Å². The maximum absolute atomic E-state index is 7.02. The van der Waals surface area contributed by atoms with Crippen molar-refractivity contribution in [2.75, 3.05) is 0 Å². The van der Waals surface area contributed by atoms with Crippen molar-refractivity contribution in [3.05, 3.63) is 176 Å². The second-order valence-corrected chi connectivity index (χ2v) is 17.0. The summed E-state index contributed by atoms with van der Waals surface area (Å²) in [5, 5.41) is 8.26. The highest BCUT2D eigenvalue weighted by molar-refractivity contribution is 7.26. The molecule has 0 unspecified atom stereocenters. The Labute approximate surface area is 339 Å². The third-order valence-corrected chi connectivity index (χ3v) is 14.1. The number of benzene rings is 8. The lowest BCUT2D eigenvalue weighted by Crippen LogP contribution is -1.92. The Morgan fingerprint density at radius 1 is 0.431 bits per heavy atom. The van der Waals surface area contributed by atoms with Crippen LogP contribution in [0.5, 0.6) is 0 Å². The van der Waals surface area contributed by atoms with Gasteiger partial charge in [-0.25, -0.2) is 9.97 Å². The van der Waals surface area contributed by atoms with Crippen molar-refractivity contribution in [2.45, 2.75) is 0 Å². The summed E-state index contributed by atoms with van der Waals surface area (Å²) in [6.07, 6.45) is 1.72. The van der Waals surface area contributed by atoms with Gasteiger partial charge in [-0.2, -0.15) is 0 Å². The van der Waals surface area contributed by atoms with E-state index in [1.807, 2.05) is 11.3 Å². The lowest BCUT2D eigenvalue weighted by Gasteiger charge is -2.07. The smallest absolute Gasteiger partial charge is 0.145 e. The summed E-state index contributed by atoms with van der Waals surface area (Å²) < 4.78 is 14.3. The molecule has 0 saturated carbocycles. The molecule has 270 valence electrons. The monoisotopic (exact) mass is 775 g/mol. The Bertz CT molecular complexity index is 3810. The van der Waals surface area contributed by atoms with Crippen LogP contribution in [0.3, 0.4) is 0 Å². The second-order valence-electron chi connectivity index (χ2n) is 14.9. The molecule has 0 N–H and O–H groups in total. The van der Waals surface area contributed by atoms with E-state index in [1.54, 1.807) is 17.7 Å². The summed E-state index contributed by atoms with van der Waals surface area (Å²) in [5.41, 5.74) is 12.8. The number of thiophene rings is 2. The van der Waals surface area contributed by atoms with Crippen LogP contribution in [0.25, 0.3) is 123 Å². The zero-order valence-electron chi connectivity index (χ0n) is 30.8. The molecule has 0 aliphatic rings. The fraction of sp³-hybridized carbons (Fsp3) is 0. The third-order valence-electron chi connectivity index (χ3n) is 11.7. The van der Waals surface area contributed by atoms with Crippen LogP contribution in [0.4, 0.5) is 0 Å². The molecule has 0 atom stereocenters. The van der Waals surface area contributed by atoms with Crippen LogP contribution in [-0.2, 0) is 0 Å². The lowest BCUT2D eigenvalue weighted by atomic mass is 9.99. The maximum Gasteiger partial charge on any atom is 0.145 e. The predicted molar refractivity (Wildman–Crippen MR) is 246 cm³/mol. The number of nitrogens with zero attached hydrogens (tertiary/aromatic N) is 3. The average Bonchev–Trinajstić information content (AvgIpc) is 4.05. The van der Waals surface area contributed by atoms with E-state index in [1.165, 1.54) is 41.4 Å². The highest BCUT2D eigenvalue weighted by Crippen LogP contribution is 2.46. The number of para-hydroxylation sites is 3. The van der Waals surface area contributed by atoms with Crippen molar-refractivity contribution in [3.63, 3.8) is 0 Å². The van der Waals surface area contributed by atoms with Crippen molar-refractivity contribution in [1.82, 2.24) is 14.5 Å². The fourth-order valence-electron chi connectivity index (χ4n) is 9.15. The van der Waals surface area contributed by atoms with Gasteiger partial charge in [-0.1, -0.05) is 115 Å². The zero-order chi connectivity index (χ0) is 37.9. The van der Waals surface area contributed by atoms with E-state index in [0.717, 1.165) is 82.0 Å².